The zero-order chi connectivity index (χ0) is 19.6. The van der Waals surface area contributed by atoms with Crippen molar-refractivity contribution >= 4 is 29.9 Å². The summed E-state index contributed by atoms with van der Waals surface area (Å²) in [5, 5.41) is 0. The highest BCUT2D eigenvalue weighted by Crippen LogP contribution is 2.33. The monoisotopic (exact) mass is 411 g/mol. The Hall–Kier alpha value is -1.99. The molecule has 1 aromatic carbocycles. The standard InChI is InChI=1S/C20H29N3O4.ClH/c1-22(19(24)13-5-4-6-14(21)9-13)18-7-8-23(20(18)25)15-10-16(26-2)12-17(11-15)27-3;/h10-14,18H,4-9,21H2,1-3H3;1H. The highest BCUT2D eigenvalue weighted by atomic mass is 35.5. The van der Waals surface area contributed by atoms with Gasteiger partial charge in [-0.05, 0) is 25.7 Å². The molecule has 8 heteroatoms. The summed E-state index contributed by atoms with van der Waals surface area (Å²) in [6.07, 6.45) is 4.12. The molecule has 3 rings (SSSR count). The van der Waals surface area contributed by atoms with Crippen LogP contribution in [0.15, 0.2) is 18.2 Å². The van der Waals surface area contributed by atoms with Crippen molar-refractivity contribution in [3.63, 3.8) is 0 Å². The summed E-state index contributed by atoms with van der Waals surface area (Å²) in [6, 6.07) is 5.04. The van der Waals surface area contributed by atoms with Crippen molar-refractivity contribution in [2.75, 3.05) is 32.7 Å². The van der Waals surface area contributed by atoms with Gasteiger partial charge < -0.3 is 25.0 Å². The molecule has 2 fully saturated rings. The van der Waals surface area contributed by atoms with Crippen LogP contribution in [-0.2, 0) is 9.59 Å². The van der Waals surface area contributed by atoms with Crippen LogP contribution in [0.2, 0.25) is 0 Å². The largest absolute Gasteiger partial charge is 0.497 e. The second kappa shape index (κ2) is 9.47. The van der Waals surface area contributed by atoms with Crippen molar-refractivity contribution in [2.24, 2.45) is 11.7 Å². The first-order valence-corrected chi connectivity index (χ1v) is 9.51. The van der Waals surface area contributed by atoms with Crippen LogP contribution in [0, 0.1) is 5.92 Å². The van der Waals surface area contributed by atoms with E-state index in [4.69, 9.17) is 15.2 Å². The number of benzene rings is 1. The van der Waals surface area contributed by atoms with Gasteiger partial charge in [-0.3, -0.25) is 9.59 Å². The molecule has 0 aromatic heterocycles. The summed E-state index contributed by atoms with van der Waals surface area (Å²) in [6.45, 7) is 0.557. The second-order valence-corrected chi connectivity index (χ2v) is 7.44. The quantitative estimate of drug-likeness (QED) is 0.802. The van der Waals surface area contributed by atoms with Crippen molar-refractivity contribution in [2.45, 2.75) is 44.2 Å². The molecule has 3 atom stereocenters. The number of hydrogen-bond acceptors (Lipinski definition) is 5. The van der Waals surface area contributed by atoms with Gasteiger partial charge in [-0.1, -0.05) is 6.42 Å². The summed E-state index contributed by atoms with van der Waals surface area (Å²) in [5.41, 5.74) is 6.75. The molecule has 2 aliphatic rings. The number of nitrogens with two attached hydrogens (primary N) is 1. The Kier molecular flexibility index (Phi) is 7.55. The predicted molar refractivity (Wildman–Crippen MR) is 110 cm³/mol. The minimum Gasteiger partial charge on any atom is -0.497 e. The van der Waals surface area contributed by atoms with E-state index in [1.807, 2.05) is 12.1 Å². The molecule has 1 aliphatic carbocycles. The van der Waals surface area contributed by atoms with Gasteiger partial charge >= 0.3 is 0 Å². The van der Waals surface area contributed by atoms with Gasteiger partial charge in [0.1, 0.15) is 17.5 Å². The molecule has 0 radical (unpaired) electrons. The molecule has 2 N–H and O–H groups in total. The second-order valence-electron chi connectivity index (χ2n) is 7.44. The number of rotatable bonds is 5. The number of carbonyl (C=O) groups excluding carboxylic acids is 2. The van der Waals surface area contributed by atoms with Crippen LogP contribution in [0.1, 0.15) is 32.1 Å². The Bertz CT molecular complexity index is 692. The third-order valence-corrected chi connectivity index (χ3v) is 5.70. The van der Waals surface area contributed by atoms with Gasteiger partial charge in [-0.25, -0.2) is 0 Å². The zero-order valence-corrected chi connectivity index (χ0v) is 17.5. The van der Waals surface area contributed by atoms with E-state index < -0.39 is 6.04 Å². The van der Waals surface area contributed by atoms with Crippen LogP contribution in [0.4, 0.5) is 5.69 Å². The van der Waals surface area contributed by atoms with Gasteiger partial charge in [0.05, 0.1) is 19.9 Å². The minimum atomic E-state index is -0.437. The fourth-order valence-corrected chi connectivity index (χ4v) is 4.12. The van der Waals surface area contributed by atoms with E-state index >= 15 is 0 Å². The first-order valence-electron chi connectivity index (χ1n) is 9.51. The third-order valence-electron chi connectivity index (χ3n) is 5.70. The number of likely N-dealkylation sites (N-methyl/N-ethyl adjacent to an activating group) is 1. The van der Waals surface area contributed by atoms with Crippen LogP contribution >= 0.6 is 12.4 Å². The first kappa shape index (κ1) is 22.3. The summed E-state index contributed by atoms with van der Waals surface area (Å²) < 4.78 is 10.6. The number of amides is 2. The molecule has 156 valence electrons. The Balaban J connectivity index is 0.00000280. The van der Waals surface area contributed by atoms with Crippen LogP contribution in [0.3, 0.4) is 0 Å². The summed E-state index contributed by atoms with van der Waals surface area (Å²) in [4.78, 5) is 29.2. The van der Waals surface area contributed by atoms with Crippen molar-refractivity contribution in [1.29, 1.82) is 0 Å². The topological polar surface area (TPSA) is 85.1 Å². The lowest BCUT2D eigenvalue weighted by Crippen LogP contribution is -2.47. The van der Waals surface area contributed by atoms with E-state index in [9.17, 15) is 9.59 Å². The average molecular weight is 412 g/mol. The lowest BCUT2D eigenvalue weighted by Gasteiger charge is -2.31. The van der Waals surface area contributed by atoms with E-state index in [0.717, 1.165) is 24.9 Å². The number of carbonyl (C=O) groups is 2. The van der Waals surface area contributed by atoms with Crippen LogP contribution in [0.25, 0.3) is 0 Å². The smallest absolute Gasteiger partial charge is 0.249 e. The maximum atomic E-state index is 13.0. The van der Waals surface area contributed by atoms with Gasteiger partial charge in [0.15, 0.2) is 0 Å². The summed E-state index contributed by atoms with van der Waals surface area (Å²) in [7, 11) is 4.89. The molecule has 1 heterocycles. The van der Waals surface area contributed by atoms with Gasteiger partial charge in [0, 0.05) is 43.8 Å². The van der Waals surface area contributed by atoms with Gasteiger partial charge in [0.2, 0.25) is 11.8 Å². The third kappa shape index (κ3) is 4.52. The molecule has 0 spiro atoms. The number of methoxy groups -OCH3 is 2. The maximum absolute atomic E-state index is 13.0. The molecule has 3 unspecified atom stereocenters. The molecule has 1 saturated heterocycles. The predicted octanol–water partition coefficient (Wildman–Crippen LogP) is 2.21. The van der Waals surface area contributed by atoms with Crippen molar-refractivity contribution < 1.29 is 19.1 Å². The number of hydrogen-bond donors (Lipinski definition) is 1. The van der Waals surface area contributed by atoms with Crippen molar-refractivity contribution in [3.05, 3.63) is 18.2 Å². The fourth-order valence-electron chi connectivity index (χ4n) is 4.12. The zero-order valence-electron chi connectivity index (χ0n) is 16.7. The van der Waals surface area contributed by atoms with E-state index in [1.54, 1.807) is 37.1 Å². The molecule has 1 saturated carbocycles. The molecular formula is C20H30ClN3O4. The highest BCUT2D eigenvalue weighted by Gasteiger charge is 2.39. The Morgan fingerprint density at radius 1 is 1.14 bits per heavy atom. The molecular weight excluding hydrogens is 382 g/mol. The van der Waals surface area contributed by atoms with Crippen LogP contribution in [0.5, 0.6) is 11.5 Å². The molecule has 1 aromatic rings. The highest BCUT2D eigenvalue weighted by molar-refractivity contribution is 6.01. The average Bonchev–Trinajstić information content (AvgIpc) is 3.07. The van der Waals surface area contributed by atoms with E-state index in [1.165, 1.54) is 0 Å². The Labute approximate surface area is 172 Å². The molecule has 7 nitrogen and oxygen atoms in total. The number of nitrogens with zero attached hydrogens (tertiary/aromatic N) is 2. The maximum Gasteiger partial charge on any atom is 0.249 e. The molecule has 2 amide bonds. The summed E-state index contributed by atoms with van der Waals surface area (Å²) >= 11 is 0. The Morgan fingerprint density at radius 2 is 1.79 bits per heavy atom. The normalized spacial score (nSPS) is 24.5. The number of anilines is 1. The van der Waals surface area contributed by atoms with Crippen LogP contribution in [-0.4, -0.2) is 56.6 Å². The van der Waals surface area contributed by atoms with Gasteiger partial charge in [-0.2, -0.15) is 0 Å². The first-order chi connectivity index (χ1) is 12.9. The van der Waals surface area contributed by atoms with E-state index in [2.05, 4.69) is 0 Å². The number of ether oxygens (including phenoxy) is 2. The molecule has 28 heavy (non-hydrogen) atoms. The van der Waals surface area contributed by atoms with Crippen molar-refractivity contribution in [3.8, 4) is 11.5 Å². The fraction of sp³-hybridized carbons (Fsp3) is 0.600. The molecule has 0 bridgehead atoms. The lowest BCUT2D eigenvalue weighted by molar-refractivity contribution is -0.141. The van der Waals surface area contributed by atoms with E-state index in [-0.39, 0.29) is 36.2 Å². The van der Waals surface area contributed by atoms with E-state index in [0.29, 0.717) is 30.9 Å². The SMILES string of the molecule is COc1cc(OC)cc(N2CCC(N(C)C(=O)C3CCCC(N)C3)C2=O)c1.Cl. The summed E-state index contributed by atoms with van der Waals surface area (Å²) in [5.74, 6) is 1.15. The molecule has 1 aliphatic heterocycles. The van der Waals surface area contributed by atoms with Crippen LogP contribution < -0.4 is 20.1 Å². The van der Waals surface area contributed by atoms with Gasteiger partial charge in [-0.15, -0.1) is 12.4 Å². The van der Waals surface area contributed by atoms with Gasteiger partial charge in [0.25, 0.3) is 0 Å². The number of halogens is 1. The lowest BCUT2D eigenvalue weighted by atomic mass is 9.85. The minimum absolute atomic E-state index is 0. The Morgan fingerprint density at radius 3 is 2.36 bits per heavy atom. The van der Waals surface area contributed by atoms with Crippen molar-refractivity contribution in [1.82, 2.24) is 4.90 Å².